The zero-order chi connectivity index (χ0) is 8.91. The molecular weight excluding hydrogens is 166 g/mol. The molecule has 0 aliphatic rings. The van der Waals surface area contributed by atoms with Crippen molar-refractivity contribution in [2.24, 2.45) is 0 Å². The molecule has 0 aliphatic heterocycles. The van der Waals surface area contributed by atoms with Gasteiger partial charge in [-0.2, -0.15) is 0 Å². The number of hydrogen-bond donors (Lipinski definition) is 2. The van der Waals surface area contributed by atoms with E-state index in [4.69, 9.17) is 4.55 Å². The third kappa shape index (κ3) is 4.80. The summed E-state index contributed by atoms with van der Waals surface area (Å²) in [6.45, 7) is 3.25. The highest BCUT2D eigenvalue weighted by Crippen LogP contribution is 1.87. The highest BCUT2D eigenvalue weighted by atomic mass is 32.2. The molecule has 11 heavy (non-hydrogen) atoms. The Kier molecular flexibility index (Phi) is 4.14. The molecule has 0 spiro atoms. The minimum absolute atomic E-state index is 0.283. The Hall–Kier alpha value is -0.550. The van der Waals surface area contributed by atoms with Crippen molar-refractivity contribution in [2.75, 3.05) is 0 Å². The predicted octanol–water partition coefficient (Wildman–Crippen LogP) is 0.397. The minimum Gasteiger partial charge on any atom is -0.298 e. The molecule has 0 fully saturated rings. The highest BCUT2D eigenvalue weighted by molar-refractivity contribution is 7.94. The Morgan fingerprint density at radius 1 is 1.73 bits per heavy atom. The van der Waals surface area contributed by atoms with Crippen molar-refractivity contribution in [2.45, 2.75) is 26.7 Å². The summed E-state index contributed by atoms with van der Waals surface area (Å²) in [6, 6.07) is 0. The maximum absolute atomic E-state index is 10.8. The number of nitrogens with one attached hydrogen (secondary N) is 1. The van der Waals surface area contributed by atoms with Gasteiger partial charge in [-0.3, -0.25) is 14.1 Å². The van der Waals surface area contributed by atoms with Crippen molar-refractivity contribution in [1.29, 1.82) is 0 Å². The maximum atomic E-state index is 10.8. The monoisotopic (exact) mass is 179 g/mol. The first-order valence-corrected chi connectivity index (χ1v) is 4.96. The first-order chi connectivity index (χ1) is 5.02. The van der Waals surface area contributed by atoms with Gasteiger partial charge in [0.2, 0.25) is 5.91 Å². The van der Waals surface area contributed by atoms with E-state index >= 15 is 0 Å². The third-order valence-corrected chi connectivity index (χ3v) is 2.22. The highest BCUT2D eigenvalue weighted by Gasteiger charge is 2.04. The number of carbonyl (C=O) groups is 1. The van der Waals surface area contributed by atoms with Gasteiger partial charge in [0.15, 0.2) is 9.99 Å². The Balaban J connectivity index is 4.07. The normalized spacial score (nSPS) is 15.2. The third-order valence-electron chi connectivity index (χ3n) is 1.06. The zero-order valence-electron chi connectivity index (χ0n) is 6.66. The number of rotatable bonds is 3. The standard InChI is InChI=1S/C6H13NO3S/c1-3-5-6(8)7-11(9,10)4-2/h4H,3,5H2,1-2H3,(H2,7,8,9,10). The van der Waals surface area contributed by atoms with Crippen molar-refractivity contribution in [3.8, 4) is 0 Å². The lowest BCUT2D eigenvalue weighted by molar-refractivity contribution is -0.119. The van der Waals surface area contributed by atoms with E-state index in [0.717, 1.165) is 5.37 Å². The minimum atomic E-state index is -3.22. The van der Waals surface area contributed by atoms with Crippen LogP contribution in [0.15, 0.2) is 0 Å². The summed E-state index contributed by atoms with van der Waals surface area (Å²) in [5.41, 5.74) is 0. The molecule has 0 saturated heterocycles. The Bertz CT molecular complexity index is 240. The molecule has 0 aromatic rings. The van der Waals surface area contributed by atoms with Gasteiger partial charge < -0.3 is 0 Å². The molecular formula is C6H13NO3S. The van der Waals surface area contributed by atoms with E-state index in [1.54, 1.807) is 0 Å². The SMILES string of the molecule is CC=S(=O)(O)NC(=O)CCC. The van der Waals surface area contributed by atoms with E-state index in [1.807, 2.05) is 11.6 Å². The summed E-state index contributed by atoms with van der Waals surface area (Å²) < 4.78 is 21.7. The molecule has 0 aromatic carbocycles. The molecule has 66 valence electrons. The fraction of sp³-hybridized carbons (Fsp3) is 0.667. The average molecular weight is 179 g/mol. The van der Waals surface area contributed by atoms with Crippen LogP contribution in [0.3, 0.4) is 0 Å². The van der Waals surface area contributed by atoms with Gasteiger partial charge in [-0.1, -0.05) is 6.92 Å². The van der Waals surface area contributed by atoms with Crippen molar-refractivity contribution in [1.82, 2.24) is 4.72 Å². The second kappa shape index (κ2) is 4.35. The number of amides is 1. The molecule has 1 unspecified atom stereocenters. The molecule has 1 amide bonds. The van der Waals surface area contributed by atoms with E-state index in [1.165, 1.54) is 6.92 Å². The maximum Gasteiger partial charge on any atom is 0.232 e. The van der Waals surface area contributed by atoms with Crippen LogP contribution in [0.4, 0.5) is 0 Å². The molecule has 0 aromatic heterocycles. The van der Waals surface area contributed by atoms with Crippen molar-refractivity contribution >= 4 is 21.3 Å². The zero-order valence-corrected chi connectivity index (χ0v) is 7.48. The lowest BCUT2D eigenvalue weighted by atomic mass is 10.3. The summed E-state index contributed by atoms with van der Waals surface area (Å²) >= 11 is 0. The molecule has 2 N–H and O–H groups in total. The topological polar surface area (TPSA) is 66.4 Å². The van der Waals surface area contributed by atoms with Crippen LogP contribution in [0, 0.1) is 0 Å². The van der Waals surface area contributed by atoms with Crippen molar-refractivity contribution in [3.05, 3.63) is 0 Å². The largest absolute Gasteiger partial charge is 0.298 e. The van der Waals surface area contributed by atoms with Gasteiger partial charge in [0.05, 0.1) is 0 Å². The molecule has 0 bridgehead atoms. The van der Waals surface area contributed by atoms with Crippen LogP contribution >= 0.6 is 0 Å². The van der Waals surface area contributed by atoms with Gasteiger partial charge in [-0.15, -0.1) is 0 Å². The van der Waals surface area contributed by atoms with E-state index in [0.29, 0.717) is 6.42 Å². The number of hydrogen-bond acceptors (Lipinski definition) is 2. The van der Waals surface area contributed by atoms with Crippen LogP contribution in [-0.4, -0.2) is 20.0 Å². The molecule has 0 aliphatic carbocycles. The van der Waals surface area contributed by atoms with Gasteiger partial charge in [0, 0.05) is 11.8 Å². The van der Waals surface area contributed by atoms with Crippen LogP contribution in [-0.2, 0) is 14.8 Å². The van der Waals surface area contributed by atoms with E-state index in [-0.39, 0.29) is 6.42 Å². The van der Waals surface area contributed by atoms with E-state index in [2.05, 4.69) is 0 Å². The lowest BCUT2D eigenvalue weighted by Gasteiger charge is -2.03. The van der Waals surface area contributed by atoms with Crippen LogP contribution < -0.4 is 4.72 Å². The van der Waals surface area contributed by atoms with Crippen LogP contribution in [0.2, 0.25) is 0 Å². The Morgan fingerprint density at radius 3 is 2.64 bits per heavy atom. The molecule has 0 radical (unpaired) electrons. The first-order valence-electron chi connectivity index (χ1n) is 3.38. The molecule has 5 heteroatoms. The number of carbonyl (C=O) groups excluding carboxylic acids is 1. The Morgan fingerprint density at radius 2 is 2.27 bits per heavy atom. The summed E-state index contributed by atoms with van der Waals surface area (Å²) in [5.74, 6) is -0.391. The molecule has 4 nitrogen and oxygen atoms in total. The average Bonchev–Trinajstić information content (AvgIpc) is 1.87. The van der Waals surface area contributed by atoms with E-state index in [9.17, 15) is 9.00 Å². The lowest BCUT2D eigenvalue weighted by Crippen LogP contribution is -2.30. The molecule has 0 rings (SSSR count). The molecule has 0 heterocycles. The summed E-state index contributed by atoms with van der Waals surface area (Å²) in [4.78, 5) is 10.7. The van der Waals surface area contributed by atoms with Crippen LogP contribution in [0.25, 0.3) is 0 Å². The first kappa shape index (κ1) is 10.4. The van der Waals surface area contributed by atoms with Gasteiger partial charge in [0.1, 0.15) is 0 Å². The predicted molar refractivity (Wildman–Crippen MR) is 45.6 cm³/mol. The van der Waals surface area contributed by atoms with Gasteiger partial charge in [-0.05, 0) is 13.3 Å². The van der Waals surface area contributed by atoms with Crippen molar-refractivity contribution < 1.29 is 13.6 Å². The molecule has 1 atom stereocenters. The van der Waals surface area contributed by atoms with E-state index < -0.39 is 15.9 Å². The second-order valence-electron chi connectivity index (χ2n) is 2.08. The van der Waals surface area contributed by atoms with Gasteiger partial charge in [0.25, 0.3) is 0 Å². The fourth-order valence-electron chi connectivity index (χ4n) is 0.500. The van der Waals surface area contributed by atoms with Crippen molar-refractivity contribution in [3.63, 3.8) is 0 Å². The fourth-order valence-corrected chi connectivity index (χ4v) is 1.05. The quantitative estimate of drug-likeness (QED) is 0.616. The van der Waals surface area contributed by atoms with Crippen LogP contribution in [0.5, 0.6) is 0 Å². The van der Waals surface area contributed by atoms with Gasteiger partial charge >= 0.3 is 0 Å². The Labute approximate surface area is 67.0 Å². The second-order valence-corrected chi connectivity index (χ2v) is 3.89. The summed E-state index contributed by atoms with van der Waals surface area (Å²) in [7, 11) is -3.22. The van der Waals surface area contributed by atoms with Gasteiger partial charge in [-0.25, -0.2) is 4.21 Å². The summed E-state index contributed by atoms with van der Waals surface area (Å²) in [5, 5.41) is 1.07. The smallest absolute Gasteiger partial charge is 0.232 e. The summed E-state index contributed by atoms with van der Waals surface area (Å²) in [6.07, 6.45) is 0.955. The van der Waals surface area contributed by atoms with Crippen LogP contribution in [0.1, 0.15) is 26.7 Å². The molecule has 0 saturated carbocycles.